The highest BCUT2D eigenvalue weighted by atomic mass is 16.4. The second-order valence-electron chi connectivity index (χ2n) is 13.2. The number of nitrogens with one attached hydrogen (secondary N) is 4. The first-order chi connectivity index (χ1) is 27.5. The predicted molar refractivity (Wildman–Crippen MR) is 205 cm³/mol. The van der Waals surface area contributed by atoms with Crippen LogP contribution in [0.15, 0.2) is 35.3 Å². The van der Waals surface area contributed by atoms with Gasteiger partial charge in [0.05, 0.1) is 44.6 Å². The van der Waals surface area contributed by atoms with Crippen molar-refractivity contribution in [3.05, 3.63) is 52.1 Å². The van der Waals surface area contributed by atoms with E-state index in [-0.39, 0.29) is 86.9 Å². The number of hydrogen-bond donors (Lipinski definition) is 9. The number of rotatable bonds is 27. The lowest BCUT2D eigenvalue weighted by Gasteiger charge is -2.26. The van der Waals surface area contributed by atoms with Crippen LogP contribution < -0.4 is 27.2 Å². The molecule has 2 aromatic heterocycles. The number of likely N-dealkylation sites (N-methyl/N-ethyl adjacent to an activating group) is 1. The molecule has 1 aromatic carbocycles. The Morgan fingerprint density at radius 3 is 2.02 bits per heavy atom. The van der Waals surface area contributed by atoms with Gasteiger partial charge in [-0.05, 0) is 44.2 Å². The smallest absolute Gasteiger partial charge is 0.326 e. The van der Waals surface area contributed by atoms with Crippen LogP contribution in [0.25, 0.3) is 11.2 Å². The van der Waals surface area contributed by atoms with Gasteiger partial charge in [0.2, 0.25) is 11.9 Å². The SMILES string of the molecule is CN(CCN(CC(=O)O)CC(=O)O)CCN(CC(=O)O)CC(=O)NCCCC(=O)CC[C@H](NC(=O)c1ccc(NCc2cnc3nc(N)[nH]c(=O)c3n2)cc1)C(=O)O. The molecule has 314 valence electrons. The Labute approximate surface area is 330 Å². The second kappa shape index (κ2) is 22.8. The topological polar surface area (TPSA) is 344 Å². The minimum absolute atomic E-state index is 0.0201. The predicted octanol–water partition coefficient (Wildman–Crippen LogP) is -1.87. The molecule has 1 atom stereocenters. The molecule has 0 saturated heterocycles. The van der Waals surface area contributed by atoms with Crippen LogP contribution in [-0.4, -0.2) is 169 Å². The largest absolute Gasteiger partial charge is 0.480 e. The van der Waals surface area contributed by atoms with Crippen molar-refractivity contribution in [2.24, 2.45) is 0 Å². The quantitative estimate of drug-likeness (QED) is 0.0381. The number of hydrogen-bond acceptors (Lipinski definition) is 16. The number of nitrogens with two attached hydrogens (primary N) is 1. The molecule has 10 N–H and O–H groups in total. The Morgan fingerprint density at radius 2 is 1.43 bits per heavy atom. The summed E-state index contributed by atoms with van der Waals surface area (Å²) in [5.41, 5.74) is 6.32. The van der Waals surface area contributed by atoms with Gasteiger partial charge in [-0.1, -0.05) is 0 Å². The van der Waals surface area contributed by atoms with Gasteiger partial charge in [0, 0.05) is 56.8 Å². The number of anilines is 2. The monoisotopic (exact) mass is 813 g/mol. The number of carboxylic acid groups (broad SMARTS) is 4. The van der Waals surface area contributed by atoms with Crippen molar-refractivity contribution >= 4 is 64.3 Å². The number of nitrogens with zero attached hydrogens (tertiary/aromatic N) is 6. The molecule has 23 heteroatoms. The summed E-state index contributed by atoms with van der Waals surface area (Å²) >= 11 is 0. The molecule has 3 rings (SSSR count). The summed E-state index contributed by atoms with van der Waals surface area (Å²) in [6, 6.07) is 4.79. The van der Waals surface area contributed by atoms with Gasteiger partial charge in [-0.3, -0.25) is 48.3 Å². The molecule has 0 bridgehead atoms. The maximum atomic E-state index is 12.8. The third kappa shape index (κ3) is 16.6. The summed E-state index contributed by atoms with van der Waals surface area (Å²) in [5, 5.41) is 45.1. The Kier molecular flexibility index (Phi) is 18.0. The van der Waals surface area contributed by atoms with Gasteiger partial charge < -0.3 is 47.0 Å². The van der Waals surface area contributed by atoms with E-state index in [0.717, 1.165) is 0 Å². The molecule has 0 aliphatic carbocycles. The van der Waals surface area contributed by atoms with Crippen LogP contribution in [0.2, 0.25) is 0 Å². The molecule has 0 spiro atoms. The number of aromatic amines is 1. The molecule has 2 heterocycles. The zero-order chi connectivity index (χ0) is 42.8. The van der Waals surface area contributed by atoms with Gasteiger partial charge >= 0.3 is 23.9 Å². The number of aliphatic carboxylic acids is 4. The molecule has 58 heavy (non-hydrogen) atoms. The van der Waals surface area contributed by atoms with Crippen LogP contribution in [0.3, 0.4) is 0 Å². The fraction of sp³-hybridized carbons (Fsp3) is 0.457. The Balaban J connectivity index is 1.37. The number of carboxylic acids is 4. The van der Waals surface area contributed by atoms with E-state index in [4.69, 9.17) is 15.9 Å². The summed E-state index contributed by atoms with van der Waals surface area (Å²) < 4.78 is 0. The van der Waals surface area contributed by atoms with Crippen LogP contribution in [0.5, 0.6) is 0 Å². The van der Waals surface area contributed by atoms with Crippen LogP contribution in [-0.2, 0) is 35.3 Å². The summed E-state index contributed by atoms with van der Waals surface area (Å²) in [7, 11) is 1.69. The fourth-order valence-electron chi connectivity index (χ4n) is 5.43. The minimum atomic E-state index is -1.35. The lowest BCUT2D eigenvalue weighted by atomic mass is 10.1. The molecular formula is C35H47N11O12. The lowest BCUT2D eigenvalue weighted by Crippen LogP contribution is -2.44. The first-order valence-electron chi connectivity index (χ1n) is 17.9. The van der Waals surface area contributed by atoms with Gasteiger partial charge in [-0.25, -0.2) is 14.8 Å². The molecule has 2 amide bonds. The van der Waals surface area contributed by atoms with Crippen LogP contribution >= 0.6 is 0 Å². The highest BCUT2D eigenvalue weighted by Crippen LogP contribution is 2.13. The molecule has 0 aliphatic rings. The third-order valence-corrected chi connectivity index (χ3v) is 8.42. The first kappa shape index (κ1) is 45.8. The summed E-state index contributed by atoms with van der Waals surface area (Å²) in [6.07, 6.45) is 1.37. The van der Waals surface area contributed by atoms with Gasteiger partial charge in [0.15, 0.2) is 11.2 Å². The van der Waals surface area contributed by atoms with E-state index < -0.39 is 66.9 Å². The highest BCUT2D eigenvalue weighted by molar-refractivity contribution is 5.97. The second-order valence-corrected chi connectivity index (χ2v) is 13.2. The summed E-state index contributed by atoms with van der Waals surface area (Å²) in [6.45, 7) is -0.414. The number of benzene rings is 1. The fourth-order valence-corrected chi connectivity index (χ4v) is 5.43. The van der Waals surface area contributed by atoms with Crippen molar-refractivity contribution in [3.8, 4) is 0 Å². The van der Waals surface area contributed by atoms with Gasteiger partial charge in [-0.2, -0.15) is 4.98 Å². The van der Waals surface area contributed by atoms with Crippen molar-refractivity contribution in [2.45, 2.75) is 38.3 Å². The molecule has 0 saturated carbocycles. The molecular weight excluding hydrogens is 766 g/mol. The molecule has 23 nitrogen and oxygen atoms in total. The number of aromatic nitrogens is 4. The maximum absolute atomic E-state index is 12.8. The van der Waals surface area contributed by atoms with E-state index >= 15 is 0 Å². The molecule has 0 fully saturated rings. The average Bonchev–Trinajstić information content (AvgIpc) is 3.14. The van der Waals surface area contributed by atoms with Crippen LogP contribution in [0, 0.1) is 0 Å². The van der Waals surface area contributed by atoms with Gasteiger partial charge in [-0.15, -0.1) is 0 Å². The minimum Gasteiger partial charge on any atom is -0.480 e. The summed E-state index contributed by atoms with van der Waals surface area (Å²) in [5.74, 6) is -6.34. The van der Waals surface area contributed by atoms with Crippen molar-refractivity contribution in [1.82, 2.24) is 45.3 Å². The number of amides is 2. The standard InChI is InChI=1S/C35H47N11O12/c1-44(12-14-46(19-28(51)52)20-29(53)54)11-13-45(18-27(49)50)17-26(48)37-10-2-3-24(47)8-9-25(34(57)58)41-32(55)21-4-6-22(7-5-21)38-15-23-16-39-31-30(40-23)33(56)43-35(36)42-31/h4-7,16,25,38H,2-3,8-15,17-20H2,1H3,(H,37,48)(H,41,55)(H,49,50)(H,51,52)(H,53,54)(H,57,58)(H3,36,39,42,43,56)/t25-/m0/s1. The van der Waals surface area contributed by atoms with E-state index in [1.807, 2.05) is 0 Å². The Bertz CT molecular complexity index is 1980. The van der Waals surface area contributed by atoms with E-state index in [9.17, 15) is 48.6 Å². The number of carbonyl (C=O) groups is 7. The van der Waals surface area contributed by atoms with Crippen LogP contribution in [0.1, 0.15) is 41.7 Å². The summed E-state index contributed by atoms with van der Waals surface area (Å²) in [4.78, 5) is 114. The van der Waals surface area contributed by atoms with Crippen molar-refractivity contribution in [1.29, 1.82) is 0 Å². The van der Waals surface area contributed by atoms with Crippen LogP contribution in [0.4, 0.5) is 11.6 Å². The van der Waals surface area contributed by atoms with Gasteiger partial charge in [0.1, 0.15) is 11.8 Å². The molecule has 3 aromatic rings. The third-order valence-electron chi connectivity index (χ3n) is 8.42. The average molecular weight is 814 g/mol. The Morgan fingerprint density at radius 1 is 0.828 bits per heavy atom. The lowest BCUT2D eigenvalue weighted by molar-refractivity contribution is -0.142. The molecule has 0 unspecified atom stereocenters. The van der Waals surface area contributed by atoms with Crippen molar-refractivity contribution in [3.63, 3.8) is 0 Å². The number of Topliss-reactive ketones (excluding diaryl/α,β-unsaturated/α-hetero) is 1. The van der Waals surface area contributed by atoms with E-state index in [1.54, 1.807) is 24.1 Å². The zero-order valence-corrected chi connectivity index (χ0v) is 31.7. The normalized spacial score (nSPS) is 11.7. The Hall–Kier alpha value is -6.59. The van der Waals surface area contributed by atoms with Gasteiger partial charge in [0.25, 0.3) is 11.5 Å². The van der Waals surface area contributed by atoms with E-state index in [2.05, 4.69) is 35.9 Å². The maximum Gasteiger partial charge on any atom is 0.326 e. The number of ketones is 1. The number of fused-ring (bicyclic) bond motifs is 1. The highest BCUT2D eigenvalue weighted by Gasteiger charge is 2.22. The number of nitrogen functional groups attached to an aromatic ring is 1. The molecule has 0 radical (unpaired) electrons. The molecule has 0 aliphatic heterocycles. The van der Waals surface area contributed by atoms with Crippen molar-refractivity contribution < 1.29 is 54.0 Å². The number of H-pyrrole nitrogens is 1. The van der Waals surface area contributed by atoms with E-state index in [0.29, 0.717) is 24.5 Å². The van der Waals surface area contributed by atoms with E-state index in [1.165, 1.54) is 28.1 Å². The zero-order valence-electron chi connectivity index (χ0n) is 31.7. The van der Waals surface area contributed by atoms with Crippen molar-refractivity contribution in [2.75, 3.05) is 77.0 Å². The first-order valence-corrected chi connectivity index (χ1v) is 17.9. The number of carbonyl (C=O) groups excluding carboxylic acids is 3.